The van der Waals surface area contributed by atoms with E-state index in [1.54, 1.807) is 19.2 Å². The van der Waals surface area contributed by atoms with E-state index in [0.717, 1.165) is 33.9 Å². The van der Waals surface area contributed by atoms with E-state index in [0.29, 0.717) is 11.4 Å². The first-order valence-corrected chi connectivity index (χ1v) is 12.3. The number of nitrogens with zero attached hydrogens (tertiary/aromatic N) is 3. The summed E-state index contributed by atoms with van der Waals surface area (Å²) in [6.07, 6.45) is 1.22. The molecule has 1 aromatic heterocycles. The first-order chi connectivity index (χ1) is 15.3. The molecule has 1 unspecified atom stereocenters. The highest BCUT2D eigenvalue weighted by atomic mass is 32.2. The highest BCUT2D eigenvalue weighted by Gasteiger charge is 2.18. The summed E-state index contributed by atoms with van der Waals surface area (Å²) in [5.74, 6) is 1.74. The molecule has 0 aliphatic heterocycles. The molecule has 0 N–H and O–H groups in total. The number of rotatable bonds is 7. The lowest BCUT2D eigenvalue weighted by molar-refractivity contribution is 0.246. The Morgan fingerprint density at radius 3 is 2.28 bits per heavy atom. The van der Waals surface area contributed by atoms with E-state index in [2.05, 4.69) is 22.5 Å². The molecule has 6 nitrogen and oxygen atoms in total. The SMILES string of the molecule is COc1ccc(-n2c(CN(C)C(C)c3ccc(S(C)(=O)=O)cc3)nc3ccccc32)cc1. The Morgan fingerprint density at radius 1 is 1.00 bits per heavy atom. The normalized spacial score (nSPS) is 12.9. The van der Waals surface area contributed by atoms with Crippen molar-refractivity contribution in [2.45, 2.75) is 24.4 Å². The van der Waals surface area contributed by atoms with E-state index in [1.807, 2.05) is 61.6 Å². The average Bonchev–Trinajstić information content (AvgIpc) is 3.15. The molecule has 0 aliphatic rings. The standard InChI is InChI=1S/C25H27N3O3S/c1-18(19-9-15-22(16-10-19)32(4,29)30)27(2)17-25-26-23-7-5-6-8-24(23)28(25)20-11-13-21(31-3)14-12-20/h5-16,18H,17H2,1-4H3. The summed E-state index contributed by atoms with van der Waals surface area (Å²) in [4.78, 5) is 7.44. The van der Waals surface area contributed by atoms with Gasteiger partial charge in [-0.2, -0.15) is 0 Å². The Bertz CT molecular complexity index is 1330. The molecule has 0 spiro atoms. The molecule has 0 saturated heterocycles. The average molecular weight is 450 g/mol. The van der Waals surface area contributed by atoms with E-state index in [9.17, 15) is 8.42 Å². The zero-order chi connectivity index (χ0) is 22.9. The minimum Gasteiger partial charge on any atom is -0.497 e. The number of para-hydroxylation sites is 2. The lowest BCUT2D eigenvalue weighted by Crippen LogP contribution is -2.23. The summed E-state index contributed by atoms with van der Waals surface area (Å²) >= 11 is 0. The molecule has 1 heterocycles. The maximum atomic E-state index is 11.8. The maximum absolute atomic E-state index is 11.8. The minimum atomic E-state index is -3.21. The van der Waals surface area contributed by atoms with Gasteiger partial charge in [-0.25, -0.2) is 13.4 Å². The topological polar surface area (TPSA) is 64.4 Å². The number of aromatic nitrogens is 2. The van der Waals surface area contributed by atoms with Gasteiger partial charge >= 0.3 is 0 Å². The van der Waals surface area contributed by atoms with Crippen LogP contribution < -0.4 is 4.74 Å². The van der Waals surface area contributed by atoms with Crippen LogP contribution in [0.4, 0.5) is 0 Å². The van der Waals surface area contributed by atoms with Crippen molar-refractivity contribution in [3.8, 4) is 11.4 Å². The summed E-state index contributed by atoms with van der Waals surface area (Å²) in [6, 6.07) is 23.2. The summed E-state index contributed by atoms with van der Waals surface area (Å²) in [6.45, 7) is 2.73. The van der Waals surface area contributed by atoms with Crippen molar-refractivity contribution >= 4 is 20.9 Å². The van der Waals surface area contributed by atoms with Crippen molar-refractivity contribution in [2.24, 2.45) is 0 Å². The van der Waals surface area contributed by atoms with Gasteiger partial charge in [-0.3, -0.25) is 9.47 Å². The highest BCUT2D eigenvalue weighted by molar-refractivity contribution is 7.90. The molecule has 4 aromatic rings. The van der Waals surface area contributed by atoms with Crippen LogP contribution in [0.5, 0.6) is 5.75 Å². The molecule has 166 valence electrons. The summed E-state index contributed by atoms with van der Waals surface area (Å²) < 4.78 is 31.0. The van der Waals surface area contributed by atoms with Gasteiger partial charge in [0.15, 0.2) is 9.84 Å². The van der Waals surface area contributed by atoms with Crippen molar-refractivity contribution in [1.82, 2.24) is 14.5 Å². The van der Waals surface area contributed by atoms with Gasteiger partial charge in [0.25, 0.3) is 0 Å². The Balaban J connectivity index is 1.66. The van der Waals surface area contributed by atoms with Crippen LogP contribution in [0.2, 0.25) is 0 Å². The fourth-order valence-electron chi connectivity index (χ4n) is 3.81. The fourth-order valence-corrected chi connectivity index (χ4v) is 4.44. The number of hydrogen-bond acceptors (Lipinski definition) is 5. The molecule has 0 fully saturated rings. The van der Waals surface area contributed by atoms with Crippen LogP contribution in [0, 0.1) is 0 Å². The second-order valence-corrected chi connectivity index (χ2v) is 10.00. The molecule has 32 heavy (non-hydrogen) atoms. The predicted octanol–water partition coefficient (Wildman–Crippen LogP) is 4.63. The molecule has 4 rings (SSSR count). The van der Waals surface area contributed by atoms with Crippen LogP contribution in [0.1, 0.15) is 24.4 Å². The molecular formula is C25H27N3O3S. The largest absolute Gasteiger partial charge is 0.497 e. The van der Waals surface area contributed by atoms with Crippen molar-refractivity contribution in [3.05, 3.63) is 84.2 Å². The van der Waals surface area contributed by atoms with Crippen LogP contribution >= 0.6 is 0 Å². The van der Waals surface area contributed by atoms with Crippen molar-refractivity contribution in [3.63, 3.8) is 0 Å². The lowest BCUT2D eigenvalue weighted by Gasteiger charge is -2.25. The van der Waals surface area contributed by atoms with Gasteiger partial charge in [0.05, 0.1) is 29.6 Å². The quantitative estimate of drug-likeness (QED) is 0.412. The van der Waals surface area contributed by atoms with E-state index in [4.69, 9.17) is 9.72 Å². The Labute approximate surface area is 189 Å². The van der Waals surface area contributed by atoms with Gasteiger partial charge in [0.1, 0.15) is 11.6 Å². The lowest BCUT2D eigenvalue weighted by atomic mass is 10.1. The first kappa shape index (κ1) is 22.0. The molecule has 0 amide bonds. The van der Waals surface area contributed by atoms with Gasteiger partial charge < -0.3 is 4.74 Å². The van der Waals surface area contributed by atoms with Crippen molar-refractivity contribution < 1.29 is 13.2 Å². The third-order valence-electron chi connectivity index (χ3n) is 5.80. The zero-order valence-electron chi connectivity index (χ0n) is 18.7. The van der Waals surface area contributed by atoms with Gasteiger partial charge in [0, 0.05) is 18.0 Å². The number of ether oxygens (including phenoxy) is 1. The van der Waals surface area contributed by atoms with Gasteiger partial charge in [0.2, 0.25) is 0 Å². The molecular weight excluding hydrogens is 422 g/mol. The third kappa shape index (κ3) is 4.40. The monoisotopic (exact) mass is 449 g/mol. The van der Waals surface area contributed by atoms with E-state index >= 15 is 0 Å². The smallest absolute Gasteiger partial charge is 0.175 e. The van der Waals surface area contributed by atoms with Gasteiger partial charge in [-0.1, -0.05) is 24.3 Å². The van der Waals surface area contributed by atoms with E-state index in [-0.39, 0.29) is 6.04 Å². The molecule has 0 saturated carbocycles. The number of sulfone groups is 1. The van der Waals surface area contributed by atoms with Crippen molar-refractivity contribution in [1.29, 1.82) is 0 Å². The second kappa shape index (κ2) is 8.76. The first-order valence-electron chi connectivity index (χ1n) is 10.4. The van der Waals surface area contributed by atoms with E-state index in [1.165, 1.54) is 6.26 Å². The fraction of sp³-hybridized carbons (Fsp3) is 0.240. The highest BCUT2D eigenvalue weighted by Crippen LogP contribution is 2.27. The van der Waals surface area contributed by atoms with Crippen LogP contribution in [0.15, 0.2) is 77.7 Å². The van der Waals surface area contributed by atoms with Crippen LogP contribution in [0.3, 0.4) is 0 Å². The summed E-state index contributed by atoms with van der Waals surface area (Å²) in [5.41, 5.74) is 4.06. The zero-order valence-corrected chi connectivity index (χ0v) is 19.5. The minimum absolute atomic E-state index is 0.0766. The predicted molar refractivity (Wildman–Crippen MR) is 127 cm³/mol. The maximum Gasteiger partial charge on any atom is 0.175 e. The molecule has 1 atom stereocenters. The van der Waals surface area contributed by atoms with Crippen LogP contribution in [-0.2, 0) is 16.4 Å². The molecule has 0 aliphatic carbocycles. The number of benzene rings is 3. The molecule has 0 bridgehead atoms. The van der Waals surface area contributed by atoms with Crippen molar-refractivity contribution in [2.75, 3.05) is 20.4 Å². The van der Waals surface area contributed by atoms with Gasteiger partial charge in [-0.15, -0.1) is 0 Å². The third-order valence-corrected chi connectivity index (χ3v) is 6.93. The van der Waals surface area contributed by atoms with Gasteiger partial charge in [-0.05, 0) is 68.1 Å². The Kier molecular flexibility index (Phi) is 6.04. The Morgan fingerprint density at radius 2 is 1.66 bits per heavy atom. The van der Waals surface area contributed by atoms with E-state index < -0.39 is 9.84 Å². The summed E-state index contributed by atoms with van der Waals surface area (Å²) in [7, 11) is 0.501. The number of fused-ring (bicyclic) bond motifs is 1. The molecule has 0 radical (unpaired) electrons. The van der Waals surface area contributed by atoms with Crippen LogP contribution in [-0.4, -0.2) is 43.3 Å². The number of methoxy groups -OCH3 is 1. The summed E-state index contributed by atoms with van der Waals surface area (Å²) in [5, 5.41) is 0. The molecule has 3 aromatic carbocycles. The Hall–Kier alpha value is -3.16. The molecule has 7 heteroatoms. The second-order valence-electron chi connectivity index (χ2n) is 7.98. The number of hydrogen-bond donors (Lipinski definition) is 0. The van der Waals surface area contributed by atoms with Crippen LogP contribution in [0.25, 0.3) is 16.7 Å². The number of imidazole rings is 1.